The molecule has 2 aromatic carbocycles. The van der Waals surface area contributed by atoms with Crippen molar-refractivity contribution in [3.8, 4) is 0 Å². The first kappa shape index (κ1) is 21.8. The lowest BCUT2D eigenvalue weighted by molar-refractivity contribution is -0.162. The molecule has 1 aliphatic heterocycles. The zero-order valence-corrected chi connectivity index (χ0v) is 16.3. The highest BCUT2D eigenvalue weighted by Gasteiger charge is 2.50. The molecule has 3 rings (SSSR count). The summed E-state index contributed by atoms with van der Waals surface area (Å²) in [6, 6.07) is 11.6. The Kier molecular flexibility index (Phi) is 6.14. The van der Waals surface area contributed by atoms with Crippen LogP contribution in [0.25, 0.3) is 0 Å². The van der Waals surface area contributed by atoms with Crippen LogP contribution in [-0.2, 0) is 33.5 Å². The number of nitrogens with zero attached hydrogens (tertiary/aromatic N) is 1. The fourth-order valence-electron chi connectivity index (χ4n) is 3.90. The topological polar surface area (TPSA) is 46.6 Å². The SMILES string of the molecule is CC(=O)N1CCCC1(Cc1ccc(F)c(C(F)(F)F)c1)C(=O)OCc1ccccc1. The molecule has 0 N–H and O–H groups in total. The average molecular weight is 423 g/mol. The minimum Gasteiger partial charge on any atom is -0.459 e. The third-order valence-corrected chi connectivity index (χ3v) is 5.29. The third-order valence-electron chi connectivity index (χ3n) is 5.29. The van der Waals surface area contributed by atoms with E-state index in [2.05, 4.69) is 0 Å². The van der Waals surface area contributed by atoms with Crippen molar-refractivity contribution in [2.75, 3.05) is 6.54 Å². The minimum absolute atomic E-state index is 0.0234. The summed E-state index contributed by atoms with van der Waals surface area (Å²) >= 11 is 0. The molecule has 8 heteroatoms. The van der Waals surface area contributed by atoms with Crippen LogP contribution in [0.3, 0.4) is 0 Å². The second kappa shape index (κ2) is 8.45. The minimum atomic E-state index is -4.86. The largest absolute Gasteiger partial charge is 0.459 e. The van der Waals surface area contributed by atoms with Gasteiger partial charge in [-0.15, -0.1) is 0 Å². The molecule has 1 aliphatic rings. The van der Waals surface area contributed by atoms with Crippen molar-refractivity contribution < 1.29 is 31.9 Å². The van der Waals surface area contributed by atoms with E-state index in [-0.39, 0.29) is 30.9 Å². The van der Waals surface area contributed by atoms with E-state index in [1.54, 1.807) is 24.3 Å². The number of amides is 1. The Balaban J connectivity index is 1.91. The first-order valence-electron chi connectivity index (χ1n) is 9.48. The van der Waals surface area contributed by atoms with Crippen molar-refractivity contribution in [2.45, 2.75) is 44.5 Å². The number of halogens is 4. The third kappa shape index (κ3) is 4.47. The smallest absolute Gasteiger partial charge is 0.419 e. The van der Waals surface area contributed by atoms with Crippen molar-refractivity contribution in [3.63, 3.8) is 0 Å². The molecule has 0 aromatic heterocycles. The maximum Gasteiger partial charge on any atom is 0.419 e. The molecule has 1 heterocycles. The number of hydrogen-bond acceptors (Lipinski definition) is 3. The molecule has 0 spiro atoms. The van der Waals surface area contributed by atoms with Crippen LogP contribution in [0.4, 0.5) is 17.6 Å². The highest BCUT2D eigenvalue weighted by molar-refractivity contribution is 5.88. The summed E-state index contributed by atoms with van der Waals surface area (Å²) in [5, 5.41) is 0. The molecule has 1 atom stereocenters. The predicted molar refractivity (Wildman–Crippen MR) is 101 cm³/mol. The van der Waals surface area contributed by atoms with Gasteiger partial charge in [0.15, 0.2) is 0 Å². The fourth-order valence-corrected chi connectivity index (χ4v) is 3.90. The van der Waals surface area contributed by atoms with E-state index in [1.165, 1.54) is 17.9 Å². The highest BCUT2D eigenvalue weighted by Crippen LogP contribution is 2.37. The van der Waals surface area contributed by atoms with Crippen molar-refractivity contribution in [2.24, 2.45) is 0 Å². The number of esters is 1. The van der Waals surface area contributed by atoms with E-state index in [4.69, 9.17) is 4.74 Å². The molecule has 4 nitrogen and oxygen atoms in total. The molecule has 0 bridgehead atoms. The fraction of sp³-hybridized carbons (Fsp3) is 0.364. The molecule has 30 heavy (non-hydrogen) atoms. The molecule has 2 aromatic rings. The molecule has 1 amide bonds. The van der Waals surface area contributed by atoms with E-state index in [0.717, 1.165) is 11.6 Å². The Morgan fingerprint density at radius 3 is 2.43 bits per heavy atom. The number of carbonyl (C=O) groups excluding carboxylic acids is 2. The lowest BCUT2D eigenvalue weighted by Crippen LogP contribution is -2.54. The van der Waals surface area contributed by atoms with Crippen molar-refractivity contribution in [3.05, 3.63) is 71.0 Å². The van der Waals surface area contributed by atoms with E-state index in [1.807, 2.05) is 6.07 Å². The summed E-state index contributed by atoms with van der Waals surface area (Å²) in [6.07, 6.45) is -4.30. The number of alkyl halides is 3. The number of benzene rings is 2. The van der Waals surface area contributed by atoms with Crippen molar-refractivity contribution in [1.29, 1.82) is 0 Å². The van der Waals surface area contributed by atoms with Crippen LogP contribution in [-0.4, -0.2) is 28.9 Å². The average Bonchev–Trinajstić information content (AvgIpc) is 3.12. The summed E-state index contributed by atoms with van der Waals surface area (Å²) in [5.74, 6) is -2.44. The molecule has 160 valence electrons. The highest BCUT2D eigenvalue weighted by atomic mass is 19.4. The second-order valence-corrected chi connectivity index (χ2v) is 7.36. The van der Waals surface area contributed by atoms with Crippen molar-refractivity contribution in [1.82, 2.24) is 4.90 Å². The monoisotopic (exact) mass is 423 g/mol. The number of ether oxygens (including phenoxy) is 1. The molecular weight excluding hydrogens is 402 g/mol. The van der Waals surface area contributed by atoms with Gasteiger partial charge >= 0.3 is 12.1 Å². The van der Waals surface area contributed by atoms with Crippen LogP contribution in [0.2, 0.25) is 0 Å². The molecule has 1 unspecified atom stereocenters. The molecule has 1 saturated heterocycles. The van der Waals surface area contributed by atoms with Crippen LogP contribution in [0.15, 0.2) is 48.5 Å². The van der Waals surface area contributed by atoms with Crippen LogP contribution >= 0.6 is 0 Å². The maximum absolute atomic E-state index is 13.7. The van der Waals surface area contributed by atoms with E-state index < -0.39 is 29.1 Å². The van der Waals surface area contributed by atoms with Gasteiger partial charge < -0.3 is 9.64 Å². The van der Waals surface area contributed by atoms with Gasteiger partial charge in [-0.3, -0.25) is 4.79 Å². The Bertz CT molecular complexity index is 930. The van der Waals surface area contributed by atoms with Crippen molar-refractivity contribution >= 4 is 11.9 Å². The summed E-state index contributed by atoms with van der Waals surface area (Å²) in [5.41, 5.74) is -1.98. The summed E-state index contributed by atoms with van der Waals surface area (Å²) < 4.78 is 58.5. The van der Waals surface area contributed by atoms with Crippen LogP contribution in [0.1, 0.15) is 36.5 Å². The Labute approximate surface area is 171 Å². The van der Waals surface area contributed by atoms with Crippen LogP contribution in [0, 0.1) is 5.82 Å². The van der Waals surface area contributed by atoms with E-state index >= 15 is 0 Å². The Morgan fingerprint density at radius 2 is 1.80 bits per heavy atom. The van der Waals surface area contributed by atoms with Gasteiger partial charge in [-0.25, -0.2) is 9.18 Å². The van der Waals surface area contributed by atoms with Gasteiger partial charge in [0.05, 0.1) is 5.56 Å². The normalized spacial score (nSPS) is 19.0. The molecule has 0 radical (unpaired) electrons. The first-order valence-corrected chi connectivity index (χ1v) is 9.48. The van der Waals surface area contributed by atoms with Gasteiger partial charge in [-0.05, 0) is 36.1 Å². The molecule has 0 saturated carbocycles. The number of hydrogen-bond donors (Lipinski definition) is 0. The standard InChI is InChI=1S/C22H21F4NO3/c1-15(28)27-11-5-10-21(27,20(29)30-14-16-6-3-2-4-7-16)13-17-8-9-19(23)18(12-17)22(24,25)26/h2-4,6-9,12H,5,10-11,13-14H2,1H3. The van der Waals surface area contributed by atoms with Gasteiger partial charge in [0.25, 0.3) is 0 Å². The van der Waals surface area contributed by atoms with Gasteiger partial charge in [0.1, 0.15) is 18.0 Å². The number of carbonyl (C=O) groups is 2. The zero-order valence-electron chi connectivity index (χ0n) is 16.3. The van der Waals surface area contributed by atoms with Gasteiger partial charge in [-0.2, -0.15) is 13.2 Å². The predicted octanol–water partition coefficient (Wildman–Crippen LogP) is 4.51. The first-order chi connectivity index (χ1) is 14.1. The van der Waals surface area contributed by atoms with Gasteiger partial charge in [0.2, 0.25) is 5.91 Å². The summed E-state index contributed by atoms with van der Waals surface area (Å²) in [4.78, 5) is 26.6. The maximum atomic E-state index is 13.7. The Hall–Kier alpha value is -2.90. The summed E-state index contributed by atoms with van der Waals surface area (Å²) in [6.45, 7) is 1.57. The van der Waals surface area contributed by atoms with Crippen LogP contribution < -0.4 is 0 Å². The zero-order chi connectivity index (χ0) is 21.9. The van der Waals surface area contributed by atoms with E-state index in [9.17, 15) is 27.2 Å². The Morgan fingerprint density at radius 1 is 1.10 bits per heavy atom. The molecule has 0 aliphatic carbocycles. The number of rotatable bonds is 5. The quantitative estimate of drug-likeness (QED) is 0.525. The number of likely N-dealkylation sites (tertiary alicyclic amines) is 1. The molecule has 1 fully saturated rings. The summed E-state index contributed by atoms with van der Waals surface area (Å²) in [7, 11) is 0. The second-order valence-electron chi connectivity index (χ2n) is 7.36. The van der Waals surface area contributed by atoms with E-state index in [0.29, 0.717) is 19.0 Å². The lowest BCUT2D eigenvalue weighted by atomic mass is 9.87. The van der Waals surface area contributed by atoms with Gasteiger partial charge in [0, 0.05) is 19.9 Å². The molecular formula is C22H21F4NO3. The van der Waals surface area contributed by atoms with Crippen LogP contribution in [0.5, 0.6) is 0 Å². The van der Waals surface area contributed by atoms with Gasteiger partial charge in [-0.1, -0.05) is 36.4 Å². The lowest BCUT2D eigenvalue weighted by Gasteiger charge is -2.36.